The quantitative estimate of drug-likeness (QED) is 0.645. The van der Waals surface area contributed by atoms with E-state index < -0.39 is 17.7 Å². The lowest BCUT2D eigenvalue weighted by atomic mass is 9.95. The molecule has 0 saturated heterocycles. The predicted octanol–water partition coefficient (Wildman–Crippen LogP) is 3.77. The first-order chi connectivity index (χ1) is 12.6. The maximum atomic E-state index is 12.5. The van der Waals surface area contributed by atoms with Crippen LogP contribution in [0.2, 0.25) is 0 Å². The first kappa shape index (κ1) is 20.4. The first-order valence-corrected chi connectivity index (χ1v) is 8.74. The van der Waals surface area contributed by atoms with Crippen molar-refractivity contribution in [1.82, 2.24) is 0 Å². The minimum Gasteiger partial charge on any atom is -0.465 e. The molecule has 0 atom stereocenters. The average Bonchev–Trinajstić information content (AvgIpc) is 2.59. The molecule has 0 radical (unpaired) electrons. The van der Waals surface area contributed by atoms with Gasteiger partial charge < -0.3 is 10.1 Å². The summed E-state index contributed by atoms with van der Waals surface area (Å²) in [6, 6.07) is 7.28. The van der Waals surface area contributed by atoms with Crippen molar-refractivity contribution in [2.24, 2.45) is 0 Å². The number of carbonyl (C=O) groups excluding carboxylic acids is 3. The Morgan fingerprint density at radius 2 is 1.37 bits per heavy atom. The Labute approximate surface area is 159 Å². The molecule has 1 N–H and O–H groups in total. The number of nitrogens with one attached hydrogen (secondary N) is 1. The zero-order valence-electron chi connectivity index (χ0n) is 16.6. The Bertz CT molecular complexity index is 882. The fourth-order valence-electron chi connectivity index (χ4n) is 3.31. The molecule has 2 aromatic rings. The van der Waals surface area contributed by atoms with Gasteiger partial charge in [-0.05, 0) is 74.6 Å². The number of hydrogen-bond donors (Lipinski definition) is 1. The molecular weight excluding hydrogens is 342 g/mol. The van der Waals surface area contributed by atoms with Gasteiger partial charge in [-0.3, -0.25) is 9.59 Å². The fourth-order valence-corrected chi connectivity index (χ4v) is 3.31. The van der Waals surface area contributed by atoms with Gasteiger partial charge in [-0.25, -0.2) is 4.79 Å². The van der Waals surface area contributed by atoms with Gasteiger partial charge in [0.2, 0.25) is 5.78 Å². The largest absolute Gasteiger partial charge is 0.465 e. The second kappa shape index (κ2) is 8.16. The number of Topliss-reactive ketones (excluding diaryl/α,β-unsaturated/α-hetero) is 1. The minimum absolute atomic E-state index is 0.0189. The van der Waals surface area contributed by atoms with Crippen molar-refractivity contribution >= 4 is 23.3 Å². The number of rotatable bonds is 5. The van der Waals surface area contributed by atoms with Crippen molar-refractivity contribution in [1.29, 1.82) is 0 Å². The van der Waals surface area contributed by atoms with Gasteiger partial charge in [-0.15, -0.1) is 0 Å². The molecule has 0 saturated carbocycles. The standard InChI is InChI=1S/C22H25NO4/c1-12-7-15(4)20(16(5)8-12)23-21(25)19(24)11-18-13(2)9-17(10-14(18)3)22(26)27-6/h7-10H,11H2,1-6H3,(H,23,25). The second-order valence-corrected chi connectivity index (χ2v) is 6.91. The first-order valence-electron chi connectivity index (χ1n) is 8.74. The summed E-state index contributed by atoms with van der Waals surface area (Å²) in [7, 11) is 1.32. The predicted molar refractivity (Wildman–Crippen MR) is 105 cm³/mol. The Hall–Kier alpha value is -2.95. The molecular formula is C22H25NO4. The number of benzene rings is 2. The number of ketones is 1. The number of esters is 1. The van der Waals surface area contributed by atoms with Gasteiger partial charge in [0.05, 0.1) is 12.7 Å². The molecule has 5 heteroatoms. The molecule has 5 nitrogen and oxygen atoms in total. The van der Waals surface area contributed by atoms with E-state index in [1.54, 1.807) is 12.1 Å². The lowest BCUT2D eigenvalue weighted by Gasteiger charge is -2.14. The molecule has 0 aliphatic heterocycles. The highest BCUT2D eigenvalue weighted by Crippen LogP contribution is 2.23. The summed E-state index contributed by atoms with van der Waals surface area (Å²) in [6.45, 7) is 9.42. The zero-order chi connectivity index (χ0) is 20.3. The van der Waals surface area contributed by atoms with E-state index in [4.69, 9.17) is 4.74 Å². The normalized spacial score (nSPS) is 10.4. The van der Waals surface area contributed by atoms with Crippen LogP contribution in [0, 0.1) is 34.6 Å². The minimum atomic E-state index is -0.638. The van der Waals surface area contributed by atoms with E-state index in [0.29, 0.717) is 11.3 Å². The SMILES string of the molecule is COC(=O)c1cc(C)c(CC(=O)C(=O)Nc2c(C)cc(C)cc2C)c(C)c1. The van der Waals surface area contributed by atoms with Crippen molar-refractivity contribution in [2.45, 2.75) is 41.0 Å². The highest BCUT2D eigenvalue weighted by atomic mass is 16.5. The van der Waals surface area contributed by atoms with Gasteiger partial charge in [0.25, 0.3) is 5.91 Å². The van der Waals surface area contributed by atoms with Crippen molar-refractivity contribution in [3.63, 3.8) is 0 Å². The van der Waals surface area contributed by atoms with E-state index in [-0.39, 0.29) is 6.42 Å². The summed E-state index contributed by atoms with van der Waals surface area (Å²) in [6.07, 6.45) is -0.0189. The van der Waals surface area contributed by atoms with Gasteiger partial charge in [0.1, 0.15) is 0 Å². The number of anilines is 1. The third kappa shape index (κ3) is 4.61. The topological polar surface area (TPSA) is 72.5 Å². The van der Waals surface area contributed by atoms with Crippen LogP contribution in [0.4, 0.5) is 5.69 Å². The summed E-state index contributed by atoms with van der Waals surface area (Å²) in [5.41, 5.74) is 6.35. The number of hydrogen-bond acceptors (Lipinski definition) is 4. The summed E-state index contributed by atoms with van der Waals surface area (Å²) >= 11 is 0. The molecule has 0 aliphatic carbocycles. The van der Waals surface area contributed by atoms with Crippen LogP contribution >= 0.6 is 0 Å². The van der Waals surface area contributed by atoms with Crippen LogP contribution in [0.25, 0.3) is 0 Å². The third-order valence-electron chi connectivity index (χ3n) is 4.62. The van der Waals surface area contributed by atoms with Crippen LogP contribution in [0.15, 0.2) is 24.3 Å². The number of methoxy groups -OCH3 is 1. The molecule has 1 amide bonds. The number of amides is 1. The number of ether oxygens (including phenoxy) is 1. The van der Waals surface area contributed by atoms with E-state index in [0.717, 1.165) is 33.4 Å². The molecule has 0 unspecified atom stereocenters. The molecule has 0 aromatic heterocycles. The monoisotopic (exact) mass is 367 g/mol. The van der Waals surface area contributed by atoms with E-state index in [1.807, 2.05) is 46.8 Å². The van der Waals surface area contributed by atoms with Crippen molar-refractivity contribution < 1.29 is 19.1 Å². The van der Waals surface area contributed by atoms with Gasteiger partial charge in [-0.2, -0.15) is 0 Å². The molecule has 0 bridgehead atoms. The molecule has 0 aliphatic rings. The van der Waals surface area contributed by atoms with E-state index in [2.05, 4.69) is 5.32 Å². The third-order valence-corrected chi connectivity index (χ3v) is 4.62. The van der Waals surface area contributed by atoms with Gasteiger partial charge >= 0.3 is 5.97 Å². The Morgan fingerprint density at radius 3 is 1.85 bits per heavy atom. The van der Waals surface area contributed by atoms with Crippen LogP contribution in [-0.2, 0) is 20.7 Å². The van der Waals surface area contributed by atoms with Crippen LogP contribution in [-0.4, -0.2) is 24.8 Å². The molecule has 0 fully saturated rings. The van der Waals surface area contributed by atoms with Crippen molar-refractivity contribution in [3.05, 3.63) is 63.2 Å². The molecule has 0 spiro atoms. The van der Waals surface area contributed by atoms with Gasteiger partial charge in [0.15, 0.2) is 0 Å². The zero-order valence-corrected chi connectivity index (χ0v) is 16.6. The lowest BCUT2D eigenvalue weighted by molar-refractivity contribution is -0.134. The van der Waals surface area contributed by atoms with E-state index in [9.17, 15) is 14.4 Å². The van der Waals surface area contributed by atoms with E-state index in [1.165, 1.54) is 7.11 Å². The molecule has 0 heterocycles. The smallest absolute Gasteiger partial charge is 0.337 e. The number of carbonyl (C=O) groups is 3. The van der Waals surface area contributed by atoms with Crippen LogP contribution in [0.5, 0.6) is 0 Å². The molecule has 142 valence electrons. The highest BCUT2D eigenvalue weighted by Gasteiger charge is 2.20. The Morgan fingerprint density at radius 1 is 0.852 bits per heavy atom. The molecule has 2 aromatic carbocycles. The summed E-state index contributed by atoms with van der Waals surface area (Å²) in [5.74, 6) is -1.59. The average molecular weight is 367 g/mol. The summed E-state index contributed by atoms with van der Waals surface area (Å²) in [4.78, 5) is 36.6. The van der Waals surface area contributed by atoms with Crippen LogP contribution in [0.1, 0.15) is 43.7 Å². The molecule has 27 heavy (non-hydrogen) atoms. The summed E-state index contributed by atoms with van der Waals surface area (Å²) in [5, 5.41) is 2.74. The van der Waals surface area contributed by atoms with Gasteiger partial charge in [0, 0.05) is 12.1 Å². The molecule has 2 rings (SSSR count). The van der Waals surface area contributed by atoms with Crippen molar-refractivity contribution in [2.75, 3.05) is 12.4 Å². The number of aryl methyl sites for hydroxylation is 5. The lowest BCUT2D eigenvalue weighted by Crippen LogP contribution is -2.26. The van der Waals surface area contributed by atoms with Gasteiger partial charge in [-0.1, -0.05) is 17.7 Å². The maximum Gasteiger partial charge on any atom is 0.337 e. The van der Waals surface area contributed by atoms with Crippen LogP contribution < -0.4 is 5.32 Å². The fraction of sp³-hybridized carbons (Fsp3) is 0.318. The highest BCUT2D eigenvalue weighted by molar-refractivity contribution is 6.41. The maximum absolute atomic E-state index is 12.5. The van der Waals surface area contributed by atoms with Crippen LogP contribution in [0.3, 0.4) is 0 Å². The second-order valence-electron chi connectivity index (χ2n) is 6.91. The Kier molecular flexibility index (Phi) is 6.16. The summed E-state index contributed by atoms with van der Waals surface area (Å²) < 4.78 is 4.73. The van der Waals surface area contributed by atoms with E-state index >= 15 is 0 Å². The Balaban J connectivity index is 2.20. The van der Waals surface area contributed by atoms with Crippen molar-refractivity contribution in [3.8, 4) is 0 Å².